The van der Waals surface area contributed by atoms with Gasteiger partial charge in [0.25, 0.3) is 0 Å². The van der Waals surface area contributed by atoms with E-state index in [1.807, 2.05) is 32.0 Å². The molecule has 0 unspecified atom stereocenters. The number of hydrogen-bond donors (Lipinski definition) is 2. The first-order valence-electron chi connectivity index (χ1n) is 6.78. The Morgan fingerprint density at radius 3 is 2.71 bits per heavy atom. The molecule has 2 aromatic rings. The monoisotopic (exact) mass is 367 g/mol. The van der Waals surface area contributed by atoms with E-state index in [4.69, 9.17) is 0 Å². The Bertz CT molecular complexity index is 624. The second-order valence-corrected chi connectivity index (χ2v) is 7.30. The lowest BCUT2D eigenvalue weighted by Gasteiger charge is -2.17. The molecule has 112 valence electrons. The van der Waals surface area contributed by atoms with Gasteiger partial charge in [-0.25, -0.2) is 0 Å². The molecule has 2 rings (SSSR count). The van der Waals surface area contributed by atoms with Crippen molar-refractivity contribution in [2.24, 2.45) is 5.92 Å². The molecular formula is C16H18BrNO2S. The number of carbonyl (C=O) groups is 1. The van der Waals surface area contributed by atoms with Crippen LogP contribution in [0.15, 0.2) is 40.9 Å². The zero-order valence-electron chi connectivity index (χ0n) is 12.0. The molecule has 0 bridgehead atoms. The summed E-state index contributed by atoms with van der Waals surface area (Å²) in [6, 6.07) is 11.8. The van der Waals surface area contributed by atoms with Crippen molar-refractivity contribution < 1.29 is 9.90 Å². The van der Waals surface area contributed by atoms with Gasteiger partial charge >= 0.3 is 5.97 Å². The zero-order chi connectivity index (χ0) is 15.4. The lowest BCUT2D eigenvalue weighted by atomic mass is 10.1. The Hall–Kier alpha value is -1.17. The van der Waals surface area contributed by atoms with Crippen LogP contribution in [0.5, 0.6) is 0 Å². The molecule has 3 nitrogen and oxygen atoms in total. The van der Waals surface area contributed by atoms with Gasteiger partial charge < -0.3 is 5.11 Å². The van der Waals surface area contributed by atoms with Gasteiger partial charge in [0.2, 0.25) is 0 Å². The molecule has 1 atom stereocenters. The number of hydrogen-bond acceptors (Lipinski definition) is 3. The minimum atomic E-state index is -0.797. The second-order valence-electron chi connectivity index (χ2n) is 5.22. The number of carboxylic acid groups (broad SMARTS) is 1. The van der Waals surface area contributed by atoms with Crippen molar-refractivity contribution in [3.05, 3.63) is 45.7 Å². The third-order valence-electron chi connectivity index (χ3n) is 3.20. The van der Waals surface area contributed by atoms with Crippen LogP contribution in [-0.2, 0) is 11.3 Å². The fourth-order valence-corrected chi connectivity index (χ4v) is 3.44. The van der Waals surface area contributed by atoms with Crippen LogP contribution >= 0.6 is 27.3 Å². The Morgan fingerprint density at radius 1 is 1.33 bits per heavy atom. The summed E-state index contributed by atoms with van der Waals surface area (Å²) >= 11 is 5.16. The summed E-state index contributed by atoms with van der Waals surface area (Å²) in [5.74, 6) is -0.735. The lowest BCUT2D eigenvalue weighted by Crippen LogP contribution is -2.40. The first-order chi connectivity index (χ1) is 9.97. The largest absolute Gasteiger partial charge is 0.480 e. The molecule has 2 N–H and O–H groups in total. The molecule has 5 heteroatoms. The van der Waals surface area contributed by atoms with Crippen LogP contribution in [0.25, 0.3) is 10.4 Å². The molecule has 0 radical (unpaired) electrons. The van der Waals surface area contributed by atoms with Gasteiger partial charge in [0.15, 0.2) is 0 Å². The summed E-state index contributed by atoms with van der Waals surface area (Å²) in [4.78, 5) is 13.5. The molecule has 0 saturated carbocycles. The number of aliphatic carboxylic acids is 1. The van der Waals surface area contributed by atoms with Crippen LogP contribution < -0.4 is 5.32 Å². The molecule has 1 aromatic carbocycles. The summed E-state index contributed by atoms with van der Waals surface area (Å²) in [6.45, 7) is 4.40. The number of nitrogens with one attached hydrogen (secondary N) is 1. The highest BCUT2D eigenvalue weighted by molar-refractivity contribution is 9.10. The van der Waals surface area contributed by atoms with E-state index in [1.165, 1.54) is 10.4 Å². The minimum Gasteiger partial charge on any atom is -0.480 e. The average Bonchev–Trinajstić information content (AvgIpc) is 2.87. The van der Waals surface area contributed by atoms with Crippen LogP contribution in [-0.4, -0.2) is 17.1 Å². The van der Waals surface area contributed by atoms with Gasteiger partial charge in [0.1, 0.15) is 6.04 Å². The fourth-order valence-electron chi connectivity index (χ4n) is 2.09. The summed E-state index contributed by atoms with van der Waals surface area (Å²) in [5.41, 5.74) is 1.17. The summed E-state index contributed by atoms with van der Waals surface area (Å²) in [7, 11) is 0. The maximum Gasteiger partial charge on any atom is 0.320 e. The van der Waals surface area contributed by atoms with Gasteiger partial charge in [0, 0.05) is 20.8 Å². The Morgan fingerprint density at radius 2 is 2.10 bits per heavy atom. The van der Waals surface area contributed by atoms with Gasteiger partial charge in [-0.05, 0) is 35.7 Å². The van der Waals surface area contributed by atoms with Crippen molar-refractivity contribution in [2.45, 2.75) is 26.4 Å². The van der Waals surface area contributed by atoms with E-state index in [9.17, 15) is 9.90 Å². The van der Waals surface area contributed by atoms with Crippen molar-refractivity contribution in [1.29, 1.82) is 0 Å². The number of halogens is 1. The third-order valence-corrected chi connectivity index (χ3v) is 4.83. The summed E-state index contributed by atoms with van der Waals surface area (Å²) < 4.78 is 1.05. The van der Waals surface area contributed by atoms with E-state index in [0.717, 1.165) is 9.35 Å². The van der Waals surface area contributed by atoms with Gasteiger partial charge in [0.05, 0.1) is 0 Å². The van der Waals surface area contributed by atoms with E-state index in [2.05, 4.69) is 39.4 Å². The quantitative estimate of drug-likeness (QED) is 0.796. The standard InChI is InChI=1S/C16H18BrNO2S/c1-10(2)15(16(19)20)18-9-13-6-7-14(21-13)11-4-3-5-12(17)8-11/h3-8,10,15,18H,9H2,1-2H3,(H,19,20)/t15-/m1/s1. The van der Waals surface area contributed by atoms with E-state index in [-0.39, 0.29) is 5.92 Å². The van der Waals surface area contributed by atoms with E-state index < -0.39 is 12.0 Å². The Labute approximate surface area is 137 Å². The summed E-state index contributed by atoms with van der Waals surface area (Å²) in [5, 5.41) is 12.3. The van der Waals surface area contributed by atoms with E-state index in [0.29, 0.717) is 6.54 Å². The predicted octanol–water partition coefficient (Wildman–Crippen LogP) is 4.38. The number of benzene rings is 1. The molecule has 0 saturated heterocycles. The second kappa shape index (κ2) is 7.20. The molecule has 0 aliphatic carbocycles. The van der Waals surface area contributed by atoms with Crippen molar-refractivity contribution in [3.63, 3.8) is 0 Å². The van der Waals surface area contributed by atoms with E-state index in [1.54, 1.807) is 11.3 Å². The topological polar surface area (TPSA) is 49.3 Å². The molecule has 0 fully saturated rings. The fraction of sp³-hybridized carbons (Fsp3) is 0.312. The molecule has 0 aliphatic rings. The molecule has 0 spiro atoms. The van der Waals surface area contributed by atoms with Gasteiger partial charge in [-0.3, -0.25) is 10.1 Å². The van der Waals surface area contributed by atoms with Crippen molar-refractivity contribution in [1.82, 2.24) is 5.32 Å². The Kier molecular flexibility index (Phi) is 5.56. The van der Waals surface area contributed by atoms with Gasteiger partial charge in [-0.1, -0.05) is 41.9 Å². The molecule has 0 amide bonds. The smallest absolute Gasteiger partial charge is 0.320 e. The highest BCUT2D eigenvalue weighted by Gasteiger charge is 2.20. The third kappa shape index (κ3) is 4.40. The average molecular weight is 368 g/mol. The number of thiophene rings is 1. The number of carboxylic acids is 1. The summed E-state index contributed by atoms with van der Waals surface area (Å²) in [6.07, 6.45) is 0. The normalized spacial score (nSPS) is 12.6. The SMILES string of the molecule is CC(C)[C@@H](NCc1ccc(-c2cccc(Br)c2)s1)C(=O)O. The van der Waals surface area contributed by atoms with Gasteiger partial charge in [-0.2, -0.15) is 0 Å². The first kappa shape index (κ1) is 16.2. The van der Waals surface area contributed by atoms with Crippen molar-refractivity contribution >= 4 is 33.2 Å². The predicted molar refractivity (Wildman–Crippen MR) is 90.6 cm³/mol. The Balaban J connectivity index is 2.05. The lowest BCUT2D eigenvalue weighted by molar-refractivity contribution is -0.140. The van der Waals surface area contributed by atoms with Crippen LogP contribution in [0.1, 0.15) is 18.7 Å². The van der Waals surface area contributed by atoms with Crippen LogP contribution in [0, 0.1) is 5.92 Å². The maximum absolute atomic E-state index is 11.2. The maximum atomic E-state index is 11.2. The molecule has 0 aliphatic heterocycles. The molecule has 21 heavy (non-hydrogen) atoms. The molecular weight excluding hydrogens is 350 g/mol. The minimum absolute atomic E-state index is 0.0620. The van der Waals surface area contributed by atoms with E-state index >= 15 is 0 Å². The zero-order valence-corrected chi connectivity index (χ0v) is 14.4. The highest BCUT2D eigenvalue weighted by Crippen LogP contribution is 2.29. The number of rotatable bonds is 6. The van der Waals surface area contributed by atoms with Crippen LogP contribution in [0.3, 0.4) is 0 Å². The molecule has 1 heterocycles. The molecule has 1 aromatic heterocycles. The highest BCUT2D eigenvalue weighted by atomic mass is 79.9. The van der Waals surface area contributed by atoms with Gasteiger partial charge in [-0.15, -0.1) is 11.3 Å². The van der Waals surface area contributed by atoms with Crippen molar-refractivity contribution in [2.75, 3.05) is 0 Å². The van der Waals surface area contributed by atoms with Crippen LogP contribution in [0.2, 0.25) is 0 Å². The first-order valence-corrected chi connectivity index (χ1v) is 8.39. The van der Waals surface area contributed by atoms with Crippen molar-refractivity contribution in [3.8, 4) is 10.4 Å². The van der Waals surface area contributed by atoms with Crippen LogP contribution in [0.4, 0.5) is 0 Å².